The molecule has 7 nitrogen and oxygen atoms in total. The number of pyridine rings is 1. The standard InChI is InChI=1S/C25H23N3O4/c1-30-21-14-18(15-22(31-2)23(21)32-3)13-20-25(29)28(16-17-9-11-26-12-10-17)24(27-20)19-7-5-4-6-8-19/h4-15H,16H2,1-3H3/b20-13+. The molecule has 0 saturated heterocycles. The fourth-order valence-electron chi connectivity index (χ4n) is 3.52. The maximum atomic E-state index is 13.4. The van der Waals surface area contributed by atoms with E-state index in [4.69, 9.17) is 19.2 Å². The molecule has 0 saturated carbocycles. The Balaban J connectivity index is 1.77. The molecular formula is C25H23N3O4. The number of amidine groups is 1. The van der Waals surface area contributed by atoms with E-state index in [1.807, 2.05) is 42.5 Å². The van der Waals surface area contributed by atoms with E-state index in [0.29, 0.717) is 40.9 Å². The van der Waals surface area contributed by atoms with Crippen molar-refractivity contribution < 1.29 is 19.0 Å². The fraction of sp³-hybridized carbons (Fsp3) is 0.160. The molecule has 7 heteroatoms. The number of aliphatic imine (C=N–C) groups is 1. The number of hydrogen-bond acceptors (Lipinski definition) is 6. The number of amides is 1. The van der Waals surface area contributed by atoms with Gasteiger partial charge in [-0.3, -0.25) is 14.7 Å². The van der Waals surface area contributed by atoms with Crippen LogP contribution in [0.15, 0.2) is 77.7 Å². The third-order valence-electron chi connectivity index (χ3n) is 5.06. The lowest BCUT2D eigenvalue weighted by molar-refractivity contribution is -0.123. The Hall–Kier alpha value is -4.13. The highest BCUT2D eigenvalue weighted by Gasteiger charge is 2.31. The van der Waals surface area contributed by atoms with E-state index in [1.165, 1.54) is 0 Å². The van der Waals surface area contributed by atoms with Crippen molar-refractivity contribution in [3.8, 4) is 17.2 Å². The Bertz CT molecular complexity index is 1150. The summed E-state index contributed by atoms with van der Waals surface area (Å²) >= 11 is 0. The van der Waals surface area contributed by atoms with Crippen molar-refractivity contribution in [2.75, 3.05) is 21.3 Å². The molecule has 0 fully saturated rings. The van der Waals surface area contributed by atoms with Crippen LogP contribution in [0.2, 0.25) is 0 Å². The van der Waals surface area contributed by atoms with Crippen LogP contribution >= 0.6 is 0 Å². The number of aromatic nitrogens is 1. The van der Waals surface area contributed by atoms with E-state index in [9.17, 15) is 4.79 Å². The van der Waals surface area contributed by atoms with Gasteiger partial charge in [0.1, 0.15) is 11.5 Å². The van der Waals surface area contributed by atoms with E-state index in [2.05, 4.69) is 4.98 Å². The van der Waals surface area contributed by atoms with Crippen molar-refractivity contribution in [3.05, 3.63) is 89.4 Å². The van der Waals surface area contributed by atoms with E-state index < -0.39 is 0 Å². The molecule has 32 heavy (non-hydrogen) atoms. The SMILES string of the molecule is COc1cc(/C=C2/N=C(c3ccccc3)N(Cc3ccncc3)C2=O)cc(OC)c1OC. The van der Waals surface area contributed by atoms with Gasteiger partial charge in [0.05, 0.1) is 27.9 Å². The summed E-state index contributed by atoms with van der Waals surface area (Å²) in [5.41, 5.74) is 2.87. The number of hydrogen-bond donors (Lipinski definition) is 0. The van der Waals surface area contributed by atoms with Gasteiger partial charge in [0.15, 0.2) is 11.5 Å². The average Bonchev–Trinajstić information content (AvgIpc) is 3.14. The van der Waals surface area contributed by atoms with Gasteiger partial charge in [-0.2, -0.15) is 0 Å². The van der Waals surface area contributed by atoms with Gasteiger partial charge in [-0.05, 0) is 41.5 Å². The molecular weight excluding hydrogens is 406 g/mol. The second-order valence-corrected chi connectivity index (χ2v) is 7.04. The van der Waals surface area contributed by atoms with Gasteiger partial charge < -0.3 is 14.2 Å². The zero-order valence-electron chi connectivity index (χ0n) is 18.1. The van der Waals surface area contributed by atoms with Gasteiger partial charge in [0.25, 0.3) is 5.91 Å². The Morgan fingerprint density at radius 1 is 0.906 bits per heavy atom. The molecule has 0 bridgehead atoms. The van der Waals surface area contributed by atoms with Crippen LogP contribution in [0.3, 0.4) is 0 Å². The minimum absolute atomic E-state index is 0.186. The number of rotatable bonds is 7. The van der Waals surface area contributed by atoms with E-state index in [0.717, 1.165) is 11.1 Å². The van der Waals surface area contributed by atoms with Crippen LogP contribution < -0.4 is 14.2 Å². The molecule has 0 unspecified atom stereocenters. The number of carbonyl (C=O) groups is 1. The van der Waals surface area contributed by atoms with Crippen LogP contribution in [0.4, 0.5) is 0 Å². The molecule has 1 aliphatic rings. The fourth-order valence-corrected chi connectivity index (χ4v) is 3.52. The second kappa shape index (κ2) is 9.34. The predicted molar refractivity (Wildman–Crippen MR) is 122 cm³/mol. The summed E-state index contributed by atoms with van der Waals surface area (Å²) in [6, 6.07) is 17.0. The first-order chi connectivity index (χ1) is 15.6. The van der Waals surface area contributed by atoms with Crippen LogP contribution in [0.25, 0.3) is 6.08 Å². The predicted octanol–water partition coefficient (Wildman–Crippen LogP) is 3.94. The first-order valence-corrected chi connectivity index (χ1v) is 10.0. The number of nitrogens with zero attached hydrogens (tertiary/aromatic N) is 3. The van der Waals surface area contributed by atoms with Crippen molar-refractivity contribution >= 4 is 17.8 Å². The van der Waals surface area contributed by atoms with Crippen LogP contribution in [0, 0.1) is 0 Å². The normalized spacial score (nSPS) is 14.5. The zero-order valence-corrected chi connectivity index (χ0v) is 18.1. The van der Waals surface area contributed by atoms with Crippen molar-refractivity contribution in [2.45, 2.75) is 6.54 Å². The molecule has 0 N–H and O–H groups in total. The van der Waals surface area contributed by atoms with E-state index in [1.54, 1.807) is 56.8 Å². The molecule has 1 aromatic heterocycles. The summed E-state index contributed by atoms with van der Waals surface area (Å²) in [5.74, 6) is 1.92. The summed E-state index contributed by atoms with van der Waals surface area (Å²) in [7, 11) is 4.65. The first kappa shape index (κ1) is 21.1. The molecule has 0 atom stereocenters. The topological polar surface area (TPSA) is 73.2 Å². The summed E-state index contributed by atoms with van der Waals surface area (Å²) in [4.78, 5) is 23.8. The first-order valence-electron chi connectivity index (χ1n) is 10.0. The van der Waals surface area contributed by atoms with Gasteiger partial charge in [-0.15, -0.1) is 0 Å². The lowest BCUT2D eigenvalue weighted by atomic mass is 10.1. The Morgan fingerprint density at radius 2 is 1.56 bits per heavy atom. The molecule has 4 rings (SSSR count). The average molecular weight is 429 g/mol. The third-order valence-corrected chi connectivity index (χ3v) is 5.06. The van der Waals surface area contributed by atoms with Gasteiger partial charge in [0, 0.05) is 18.0 Å². The third kappa shape index (κ3) is 4.18. The number of methoxy groups -OCH3 is 3. The smallest absolute Gasteiger partial charge is 0.278 e. The molecule has 162 valence electrons. The largest absolute Gasteiger partial charge is 0.493 e. The van der Waals surface area contributed by atoms with Crippen molar-refractivity contribution in [2.24, 2.45) is 4.99 Å². The molecule has 0 radical (unpaired) electrons. The van der Waals surface area contributed by atoms with Crippen LogP contribution in [0.1, 0.15) is 16.7 Å². The highest BCUT2D eigenvalue weighted by molar-refractivity contribution is 6.19. The molecule has 2 heterocycles. The van der Waals surface area contributed by atoms with Gasteiger partial charge in [-0.1, -0.05) is 30.3 Å². The van der Waals surface area contributed by atoms with Crippen LogP contribution in [0.5, 0.6) is 17.2 Å². The minimum atomic E-state index is -0.186. The Kier molecular flexibility index (Phi) is 6.17. The van der Waals surface area contributed by atoms with E-state index in [-0.39, 0.29) is 5.91 Å². The molecule has 0 aliphatic carbocycles. The highest BCUT2D eigenvalue weighted by Crippen LogP contribution is 2.39. The molecule has 0 spiro atoms. The van der Waals surface area contributed by atoms with E-state index >= 15 is 0 Å². The Labute approximate surface area is 186 Å². The zero-order chi connectivity index (χ0) is 22.5. The number of carbonyl (C=O) groups excluding carboxylic acids is 1. The van der Waals surface area contributed by atoms with Crippen molar-refractivity contribution in [3.63, 3.8) is 0 Å². The maximum absolute atomic E-state index is 13.4. The van der Waals surface area contributed by atoms with Crippen molar-refractivity contribution in [1.29, 1.82) is 0 Å². The summed E-state index contributed by atoms with van der Waals surface area (Å²) < 4.78 is 16.2. The van der Waals surface area contributed by atoms with Gasteiger partial charge >= 0.3 is 0 Å². The molecule has 1 aliphatic heterocycles. The molecule has 3 aromatic rings. The van der Waals surface area contributed by atoms with Gasteiger partial charge in [-0.25, -0.2) is 4.99 Å². The summed E-state index contributed by atoms with van der Waals surface area (Å²) in [6.07, 6.45) is 5.14. The van der Waals surface area contributed by atoms with Crippen molar-refractivity contribution in [1.82, 2.24) is 9.88 Å². The van der Waals surface area contributed by atoms with Crippen LogP contribution in [-0.4, -0.2) is 43.0 Å². The number of benzene rings is 2. The maximum Gasteiger partial charge on any atom is 0.278 e. The Morgan fingerprint density at radius 3 is 2.16 bits per heavy atom. The summed E-state index contributed by atoms with van der Waals surface area (Å²) in [5, 5.41) is 0. The molecule has 1 amide bonds. The van der Waals surface area contributed by atoms with Crippen LogP contribution in [-0.2, 0) is 11.3 Å². The quantitative estimate of drug-likeness (QED) is 0.532. The minimum Gasteiger partial charge on any atom is -0.493 e. The lowest BCUT2D eigenvalue weighted by Gasteiger charge is -2.18. The second-order valence-electron chi connectivity index (χ2n) is 7.04. The molecule has 2 aromatic carbocycles. The monoisotopic (exact) mass is 429 g/mol. The summed E-state index contributed by atoms with van der Waals surface area (Å²) in [6.45, 7) is 0.391. The highest BCUT2D eigenvalue weighted by atomic mass is 16.5. The van der Waals surface area contributed by atoms with Gasteiger partial charge in [0.2, 0.25) is 5.75 Å². The lowest BCUT2D eigenvalue weighted by Crippen LogP contribution is -2.32. The number of ether oxygens (including phenoxy) is 3.